The van der Waals surface area contributed by atoms with E-state index in [9.17, 15) is 4.79 Å². The molecule has 1 aromatic heterocycles. The fourth-order valence-electron chi connectivity index (χ4n) is 2.80. The Bertz CT molecular complexity index is 825. The maximum atomic E-state index is 12.2. The maximum Gasteiger partial charge on any atom is 0.359 e. The third-order valence-corrected chi connectivity index (χ3v) is 4.07. The van der Waals surface area contributed by atoms with Crippen molar-refractivity contribution in [2.24, 2.45) is 0 Å². The molecular formula is C21H22N2O2. The van der Waals surface area contributed by atoms with Crippen LogP contribution in [0.4, 0.5) is 0 Å². The van der Waals surface area contributed by atoms with Crippen LogP contribution < -0.4 is 0 Å². The number of hydrogen-bond donors (Lipinski definition) is 1. The Hall–Kier alpha value is -2.88. The van der Waals surface area contributed by atoms with E-state index in [1.807, 2.05) is 48.5 Å². The first-order valence-corrected chi connectivity index (χ1v) is 8.58. The van der Waals surface area contributed by atoms with Crippen molar-refractivity contribution in [3.63, 3.8) is 0 Å². The summed E-state index contributed by atoms with van der Waals surface area (Å²) in [5, 5.41) is 7.00. The molecule has 0 aliphatic carbocycles. The number of nitrogens with zero attached hydrogens (tertiary/aromatic N) is 1. The predicted octanol–water partition coefficient (Wildman–Crippen LogP) is 4.31. The van der Waals surface area contributed by atoms with Gasteiger partial charge in [-0.05, 0) is 29.2 Å². The number of benzene rings is 2. The van der Waals surface area contributed by atoms with Crippen LogP contribution in [0.1, 0.15) is 46.2 Å². The van der Waals surface area contributed by atoms with Crippen LogP contribution in [0.3, 0.4) is 0 Å². The van der Waals surface area contributed by atoms with Crippen molar-refractivity contribution >= 4 is 5.97 Å². The quantitative estimate of drug-likeness (QED) is 0.655. The van der Waals surface area contributed by atoms with Crippen molar-refractivity contribution in [2.45, 2.75) is 32.8 Å². The number of carbonyl (C=O) groups is 1. The van der Waals surface area contributed by atoms with E-state index in [4.69, 9.17) is 4.74 Å². The number of nitrogens with one attached hydrogen (secondary N) is 1. The summed E-state index contributed by atoms with van der Waals surface area (Å²) in [5.74, 6) is -0.401. The fraction of sp³-hybridized carbons (Fsp3) is 0.238. The summed E-state index contributed by atoms with van der Waals surface area (Å²) in [6.07, 6.45) is 2.75. The SMILES string of the molecule is CCCc1ccccc1COC(=O)c1cc(Cc2ccccc2)[nH]n1. The summed E-state index contributed by atoms with van der Waals surface area (Å²) < 4.78 is 5.44. The highest BCUT2D eigenvalue weighted by atomic mass is 16.5. The summed E-state index contributed by atoms with van der Waals surface area (Å²) in [7, 11) is 0. The molecule has 1 heterocycles. The standard InChI is InChI=1S/C21H22N2O2/c1-2-8-17-11-6-7-12-18(17)15-25-21(24)20-14-19(22-23-20)13-16-9-4-3-5-10-16/h3-7,9-12,14H,2,8,13,15H2,1H3,(H,22,23). The molecule has 0 spiro atoms. The Kier molecular flexibility index (Phi) is 5.62. The molecule has 0 radical (unpaired) electrons. The number of hydrogen-bond acceptors (Lipinski definition) is 3. The van der Waals surface area contributed by atoms with E-state index in [-0.39, 0.29) is 6.61 Å². The molecule has 4 nitrogen and oxygen atoms in total. The second-order valence-electron chi connectivity index (χ2n) is 6.04. The molecule has 0 aliphatic rings. The van der Waals surface area contributed by atoms with Crippen LogP contribution in [0.15, 0.2) is 60.7 Å². The number of aromatic amines is 1. The lowest BCUT2D eigenvalue weighted by atomic mass is 10.0. The molecule has 0 fully saturated rings. The first-order valence-electron chi connectivity index (χ1n) is 8.58. The van der Waals surface area contributed by atoms with Crippen molar-refractivity contribution in [3.05, 3.63) is 88.7 Å². The lowest BCUT2D eigenvalue weighted by Crippen LogP contribution is -2.07. The minimum atomic E-state index is -0.401. The Morgan fingerprint density at radius 1 is 1.04 bits per heavy atom. The number of ether oxygens (including phenoxy) is 1. The van der Waals surface area contributed by atoms with Gasteiger partial charge in [0.05, 0.1) is 0 Å². The van der Waals surface area contributed by atoms with E-state index < -0.39 is 5.97 Å². The molecule has 4 heteroatoms. The number of H-pyrrole nitrogens is 1. The van der Waals surface area contributed by atoms with Gasteiger partial charge in [-0.15, -0.1) is 0 Å². The van der Waals surface area contributed by atoms with E-state index in [1.54, 1.807) is 6.07 Å². The topological polar surface area (TPSA) is 55.0 Å². The highest BCUT2D eigenvalue weighted by Gasteiger charge is 2.13. The fourth-order valence-corrected chi connectivity index (χ4v) is 2.80. The van der Waals surface area contributed by atoms with Gasteiger partial charge in [-0.3, -0.25) is 5.10 Å². The molecule has 0 bridgehead atoms. The summed E-state index contributed by atoms with van der Waals surface area (Å²) in [4.78, 5) is 12.2. The van der Waals surface area contributed by atoms with E-state index in [0.717, 1.165) is 24.1 Å². The lowest BCUT2D eigenvalue weighted by molar-refractivity contribution is 0.0465. The van der Waals surface area contributed by atoms with E-state index >= 15 is 0 Å². The maximum absolute atomic E-state index is 12.2. The molecule has 0 atom stereocenters. The van der Waals surface area contributed by atoms with Gasteiger partial charge in [0.25, 0.3) is 0 Å². The second kappa shape index (κ2) is 8.29. The van der Waals surface area contributed by atoms with Crippen molar-refractivity contribution in [1.29, 1.82) is 0 Å². The third-order valence-electron chi connectivity index (χ3n) is 4.07. The molecule has 3 aromatic rings. The van der Waals surface area contributed by atoms with E-state index in [2.05, 4.69) is 23.2 Å². The molecular weight excluding hydrogens is 312 g/mol. The number of rotatable bonds is 7. The first-order chi connectivity index (χ1) is 12.3. The largest absolute Gasteiger partial charge is 0.456 e. The highest BCUT2D eigenvalue weighted by Crippen LogP contribution is 2.14. The monoisotopic (exact) mass is 334 g/mol. The normalized spacial score (nSPS) is 10.6. The second-order valence-corrected chi connectivity index (χ2v) is 6.04. The van der Waals surface area contributed by atoms with E-state index in [0.29, 0.717) is 12.1 Å². The zero-order valence-corrected chi connectivity index (χ0v) is 14.4. The molecule has 0 amide bonds. The van der Waals surface area contributed by atoms with Crippen molar-refractivity contribution in [3.8, 4) is 0 Å². The van der Waals surface area contributed by atoms with Gasteiger partial charge in [0.2, 0.25) is 0 Å². The van der Waals surface area contributed by atoms with Crippen LogP contribution in [0, 0.1) is 0 Å². The van der Waals surface area contributed by atoms with Crippen LogP contribution in [0.5, 0.6) is 0 Å². The Morgan fingerprint density at radius 3 is 2.52 bits per heavy atom. The van der Waals surface area contributed by atoms with Crippen molar-refractivity contribution < 1.29 is 9.53 Å². The van der Waals surface area contributed by atoms with Crippen LogP contribution in [0.2, 0.25) is 0 Å². The molecule has 3 rings (SSSR count). The van der Waals surface area contributed by atoms with Gasteiger partial charge in [-0.2, -0.15) is 5.10 Å². The minimum absolute atomic E-state index is 0.274. The number of esters is 1. The van der Waals surface area contributed by atoms with E-state index in [1.165, 1.54) is 11.1 Å². The average Bonchev–Trinajstić information content (AvgIpc) is 3.10. The smallest absolute Gasteiger partial charge is 0.359 e. The molecule has 1 N–H and O–H groups in total. The van der Waals surface area contributed by atoms with Gasteiger partial charge in [0.1, 0.15) is 6.61 Å². The number of carbonyl (C=O) groups excluding carboxylic acids is 1. The average molecular weight is 334 g/mol. The molecule has 128 valence electrons. The van der Waals surface area contributed by atoms with Crippen LogP contribution in [-0.2, 0) is 24.2 Å². The molecule has 25 heavy (non-hydrogen) atoms. The van der Waals surface area contributed by atoms with Crippen LogP contribution in [-0.4, -0.2) is 16.2 Å². The van der Waals surface area contributed by atoms with Gasteiger partial charge < -0.3 is 4.74 Å². The lowest BCUT2D eigenvalue weighted by Gasteiger charge is -2.08. The molecule has 0 aliphatic heterocycles. The number of aromatic nitrogens is 2. The molecule has 0 saturated heterocycles. The zero-order valence-electron chi connectivity index (χ0n) is 14.4. The van der Waals surface area contributed by atoms with Gasteiger partial charge in [0, 0.05) is 12.1 Å². The van der Waals surface area contributed by atoms with Gasteiger partial charge >= 0.3 is 5.97 Å². The number of aryl methyl sites for hydroxylation is 1. The Labute approximate surface area is 147 Å². The zero-order chi connectivity index (χ0) is 17.5. The van der Waals surface area contributed by atoms with Gasteiger partial charge in [0.15, 0.2) is 5.69 Å². The molecule has 2 aromatic carbocycles. The molecule has 0 saturated carbocycles. The summed E-state index contributed by atoms with van der Waals surface area (Å²) in [6.45, 7) is 2.41. The van der Waals surface area contributed by atoms with Gasteiger partial charge in [-0.25, -0.2) is 4.79 Å². The molecule has 0 unspecified atom stereocenters. The summed E-state index contributed by atoms with van der Waals surface area (Å²) in [6, 6.07) is 19.9. The van der Waals surface area contributed by atoms with Crippen molar-refractivity contribution in [2.75, 3.05) is 0 Å². The van der Waals surface area contributed by atoms with Crippen molar-refractivity contribution in [1.82, 2.24) is 10.2 Å². The first kappa shape index (κ1) is 17.0. The highest BCUT2D eigenvalue weighted by molar-refractivity contribution is 5.87. The summed E-state index contributed by atoms with van der Waals surface area (Å²) >= 11 is 0. The van der Waals surface area contributed by atoms with Gasteiger partial charge in [-0.1, -0.05) is 67.9 Å². The Morgan fingerprint density at radius 2 is 1.76 bits per heavy atom. The Balaban J connectivity index is 1.61. The minimum Gasteiger partial charge on any atom is -0.456 e. The third kappa shape index (κ3) is 4.57. The summed E-state index contributed by atoms with van der Waals surface area (Å²) in [5.41, 5.74) is 4.66. The van der Waals surface area contributed by atoms with Crippen LogP contribution in [0.25, 0.3) is 0 Å². The van der Waals surface area contributed by atoms with Crippen LogP contribution >= 0.6 is 0 Å². The predicted molar refractivity (Wildman–Crippen MR) is 97.4 cm³/mol.